The van der Waals surface area contributed by atoms with Gasteiger partial charge in [0.05, 0.1) is 0 Å². The van der Waals surface area contributed by atoms with Crippen LogP contribution in [0.15, 0.2) is 0 Å². The molecule has 0 amide bonds. The number of hydrogen-bond acceptors (Lipinski definition) is 1. The Hall–Kier alpha value is -0.480. The lowest BCUT2D eigenvalue weighted by Crippen LogP contribution is -2.13. The summed E-state index contributed by atoms with van der Waals surface area (Å²) in [6, 6.07) is 0. The van der Waals surface area contributed by atoms with Crippen LogP contribution < -0.4 is 5.32 Å². The van der Waals surface area contributed by atoms with Crippen molar-refractivity contribution in [3.63, 3.8) is 0 Å². The Morgan fingerprint density at radius 1 is 1.33 bits per heavy atom. The minimum Gasteiger partial charge on any atom is -0.317 e. The first-order valence-electron chi connectivity index (χ1n) is 3.60. The molecule has 0 spiro atoms. The lowest BCUT2D eigenvalue weighted by molar-refractivity contribution is 0.595. The highest BCUT2D eigenvalue weighted by Gasteiger charge is 2.06. The molecule has 1 rings (SSSR count). The van der Waals surface area contributed by atoms with E-state index in [1.54, 1.807) is 0 Å². The molecule has 1 N–H and O–H groups in total. The van der Waals surface area contributed by atoms with Gasteiger partial charge in [-0.25, -0.2) is 0 Å². The lowest BCUT2D eigenvalue weighted by Gasteiger charge is -2.01. The average Bonchev–Trinajstić information content (AvgIpc) is 2.13. The van der Waals surface area contributed by atoms with Crippen LogP contribution in [0, 0.1) is 18.3 Å². The maximum atomic E-state index is 5.29. The number of rotatable bonds is 0. The smallest absolute Gasteiger partial charge is 0.0212 e. The molecular formula is C8H13N. The molecule has 9 heavy (non-hydrogen) atoms. The SMILES string of the molecule is C#C[C@@H]1CCCNCC1. The molecule has 0 aromatic rings. The number of nitrogens with one attached hydrogen (secondary N) is 1. The molecule has 1 atom stereocenters. The first-order chi connectivity index (χ1) is 4.43. The predicted octanol–water partition coefficient (Wildman–Crippen LogP) is 1.01. The fraction of sp³-hybridized carbons (Fsp3) is 0.750. The van der Waals surface area contributed by atoms with Gasteiger partial charge in [0.2, 0.25) is 0 Å². The van der Waals surface area contributed by atoms with Gasteiger partial charge in [0.25, 0.3) is 0 Å². The topological polar surface area (TPSA) is 12.0 Å². The van der Waals surface area contributed by atoms with Crippen LogP contribution in [0.5, 0.6) is 0 Å². The lowest BCUT2D eigenvalue weighted by atomic mass is 10.0. The first-order valence-corrected chi connectivity index (χ1v) is 3.60. The van der Waals surface area contributed by atoms with Crippen molar-refractivity contribution < 1.29 is 0 Å². The van der Waals surface area contributed by atoms with Gasteiger partial charge in [0.15, 0.2) is 0 Å². The Bertz CT molecular complexity index is 104. The van der Waals surface area contributed by atoms with Crippen molar-refractivity contribution in [2.75, 3.05) is 13.1 Å². The van der Waals surface area contributed by atoms with Crippen LogP contribution >= 0.6 is 0 Å². The van der Waals surface area contributed by atoms with Crippen LogP contribution in [0.3, 0.4) is 0 Å². The zero-order valence-corrected chi connectivity index (χ0v) is 5.69. The molecule has 50 valence electrons. The van der Waals surface area contributed by atoms with Gasteiger partial charge < -0.3 is 5.32 Å². The zero-order chi connectivity index (χ0) is 6.53. The monoisotopic (exact) mass is 123 g/mol. The van der Waals surface area contributed by atoms with Gasteiger partial charge in [0, 0.05) is 5.92 Å². The van der Waals surface area contributed by atoms with E-state index in [-0.39, 0.29) is 0 Å². The summed E-state index contributed by atoms with van der Waals surface area (Å²) in [6.07, 6.45) is 8.91. The van der Waals surface area contributed by atoms with E-state index < -0.39 is 0 Å². The molecule has 1 fully saturated rings. The van der Waals surface area contributed by atoms with Crippen LogP contribution in [0.25, 0.3) is 0 Å². The van der Waals surface area contributed by atoms with E-state index in [1.165, 1.54) is 12.8 Å². The quantitative estimate of drug-likeness (QED) is 0.474. The summed E-state index contributed by atoms with van der Waals surface area (Å²) in [4.78, 5) is 0. The second-order valence-corrected chi connectivity index (χ2v) is 2.54. The van der Waals surface area contributed by atoms with Crippen molar-refractivity contribution in [2.24, 2.45) is 5.92 Å². The minimum atomic E-state index is 0.542. The third-order valence-electron chi connectivity index (χ3n) is 1.81. The summed E-state index contributed by atoms with van der Waals surface area (Å²) in [5.74, 6) is 3.35. The Balaban J connectivity index is 2.29. The first kappa shape index (κ1) is 6.64. The Labute approximate surface area is 56.8 Å². The van der Waals surface area contributed by atoms with Gasteiger partial charge in [-0.05, 0) is 32.4 Å². The van der Waals surface area contributed by atoms with E-state index >= 15 is 0 Å². The van der Waals surface area contributed by atoms with Crippen molar-refractivity contribution in [1.82, 2.24) is 5.32 Å². The summed E-state index contributed by atoms with van der Waals surface area (Å²) in [5, 5.41) is 3.32. The summed E-state index contributed by atoms with van der Waals surface area (Å²) >= 11 is 0. The van der Waals surface area contributed by atoms with E-state index in [0.717, 1.165) is 19.5 Å². The summed E-state index contributed by atoms with van der Waals surface area (Å²) in [6.45, 7) is 2.26. The highest BCUT2D eigenvalue weighted by atomic mass is 14.8. The van der Waals surface area contributed by atoms with Crippen LogP contribution in [0.2, 0.25) is 0 Å². The highest BCUT2D eigenvalue weighted by Crippen LogP contribution is 2.10. The second-order valence-electron chi connectivity index (χ2n) is 2.54. The molecule has 0 aliphatic carbocycles. The largest absolute Gasteiger partial charge is 0.317 e. The summed E-state index contributed by atoms with van der Waals surface area (Å²) in [5.41, 5.74) is 0. The third-order valence-corrected chi connectivity index (χ3v) is 1.81. The molecule has 1 heterocycles. The zero-order valence-electron chi connectivity index (χ0n) is 5.69. The molecule has 0 aromatic carbocycles. The van der Waals surface area contributed by atoms with Crippen molar-refractivity contribution in [3.05, 3.63) is 0 Å². The Morgan fingerprint density at radius 3 is 3.00 bits per heavy atom. The second kappa shape index (κ2) is 3.53. The standard InChI is InChI=1S/C8H13N/c1-2-8-4-3-6-9-7-5-8/h1,8-9H,3-7H2/t8-/m1/s1. The fourth-order valence-electron chi connectivity index (χ4n) is 1.19. The van der Waals surface area contributed by atoms with Gasteiger partial charge in [-0.3, -0.25) is 0 Å². The van der Waals surface area contributed by atoms with Crippen molar-refractivity contribution >= 4 is 0 Å². The van der Waals surface area contributed by atoms with E-state index in [1.807, 2.05) is 0 Å². The molecule has 1 saturated heterocycles. The van der Waals surface area contributed by atoms with E-state index in [0.29, 0.717) is 5.92 Å². The van der Waals surface area contributed by atoms with Gasteiger partial charge in [-0.15, -0.1) is 12.3 Å². The summed E-state index contributed by atoms with van der Waals surface area (Å²) < 4.78 is 0. The molecular weight excluding hydrogens is 110 g/mol. The predicted molar refractivity (Wildman–Crippen MR) is 39.0 cm³/mol. The van der Waals surface area contributed by atoms with Gasteiger partial charge >= 0.3 is 0 Å². The van der Waals surface area contributed by atoms with Crippen molar-refractivity contribution in [1.29, 1.82) is 0 Å². The van der Waals surface area contributed by atoms with Gasteiger partial charge in [-0.1, -0.05) is 0 Å². The average molecular weight is 123 g/mol. The Kier molecular flexibility index (Phi) is 2.60. The van der Waals surface area contributed by atoms with Crippen LogP contribution in [-0.4, -0.2) is 13.1 Å². The Morgan fingerprint density at radius 2 is 2.22 bits per heavy atom. The van der Waals surface area contributed by atoms with Crippen molar-refractivity contribution in [2.45, 2.75) is 19.3 Å². The molecule has 0 saturated carbocycles. The van der Waals surface area contributed by atoms with E-state index in [9.17, 15) is 0 Å². The maximum absolute atomic E-state index is 5.29. The molecule has 0 unspecified atom stereocenters. The molecule has 1 aliphatic heterocycles. The molecule has 0 aromatic heterocycles. The molecule has 1 heteroatoms. The minimum absolute atomic E-state index is 0.542. The van der Waals surface area contributed by atoms with E-state index in [2.05, 4.69) is 11.2 Å². The van der Waals surface area contributed by atoms with Crippen LogP contribution in [0.4, 0.5) is 0 Å². The molecule has 1 nitrogen and oxygen atoms in total. The highest BCUT2D eigenvalue weighted by molar-refractivity contribution is 4.93. The molecule has 0 radical (unpaired) electrons. The van der Waals surface area contributed by atoms with Gasteiger partial charge in [0.1, 0.15) is 0 Å². The van der Waals surface area contributed by atoms with Crippen LogP contribution in [0.1, 0.15) is 19.3 Å². The van der Waals surface area contributed by atoms with Crippen molar-refractivity contribution in [3.8, 4) is 12.3 Å². The normalized spacial score (nSPS) is 28.6. The van der Waals surface area contributed by atoms with E-state index in [4.69, 9.17) is 6.42 Å². The molecule has 1 aliphatic rings. The number of hydrogen-bond donors (Lipinski definition) is 1. The summed E-state index contributed by atoms with van der Waals surface area (Å²) in [7, 11) is 0. The third kappa shape index (κ3) is 2.07. The van der Waals surface area contributed by atoms with Gasteiger partial charge in [-0.2, -0.15) is 0 Å². The molecule has 0 bridgehead atoms. The number of terminal acetylenes is 1. The van der Waals surface area contributed by atoms with Crippen LogP contribution in [-0.2, 0) is 0 Å². The maximum Gasteiger partial charge on any atom is 0.0212 e. The fourth-order valence-corrected chi connectivity index (χ4v) is 1.19.